The molecule has 0 aliphatic rings. The van der Waals surface area contributed by atoms with E-state index >= 15 is 0 Å². The molecule has 0 aromatic rings. The van der Waals surface area contributed by atoms with Crippen LogP contribution in [0.1, 0.15) is 81.1 Å². The Morgan fingerprint density at radius 3 is 1.48 bits per heavy atom. The van der Waals surface area contributed by atoms with E-state index in [4.69, 9.17) is 4.74 Å². The van der Waals surface area contributed by atoms with Crippen molar-refractivity contribution in [3.8, 4) is 0 Å². The highest BCUT2D eigenvalue weighted by Gasteiger charge is 2.12. The van der Waals surface area contributed by atoms with Crippen molar-refractivity contribution in [1.29, 1.82) is 0 Å². The number of hydrogen-bond acceptors (Lipinski definition) is 3. The van der Waals surface area contributed by atoms with E-state index in [0.717, 1.165) is 19.7 Å². The fourth-order valence-corrected chi connectivity index (χ4v) is 2.35. The Morgan fingerprint density at radius 1 is 0.680 bits per heavy atom. The van der Waals surface area contributed by atoms with Crippen LogP contribution in [0.2, 0.25) is 0 Å². The van der Waals surface area contributed by atoms with Gasteiger partial charge in [-0.15, -0.1) is 0 Å². The van der Waals surface area contributed by atoms with Crippen molar-refractivity contribution < 1.29 is 4.74 Å². The van der Waals surface area contributed by atoms with Gasteiger partial charge >= 0.3 is 0 Å². The Hall–Kier alpha value is -0.120. The van der Waals surface area contributed by atoms with Gasteiger partial charge in [0.2, 0.25) is 0 Å². The first-order valence-corrected chi connectivity index (χ1v) is 10.3. The molecular weight excluding hydrogens is 308 g/mol. The summed E-state index contributed by atoms with van der Waals surface area (Å²) in [6.45, 7) is 25.2. The molecule has 3 heteroatoms. The van der Waals surface area contributed by atoms with Gasteiger partial charge in [0, 0.05) is 13.7 Å². The third-order valence-corrected chi connectivity index (χ3v) is 4.18. The maximum absolute atomic E-state index is 5.00. The van der Waals surface area contributed by atoms with Crippen LogP contribution in [0.4, 0.5) is 0 Å². The standard InChI is InChI=1S/C12H27N.C10H23NO/c1-6-9-13(10-7-2)11-8-12(3,4)5;1-10(2,3)6-7-11(4)8-9-12-5/h6-11H2,1-5H3;6-9H2,1-5H3. The van der Waals surface area contributed by atoms with Gasteiger partial charge in [0.15, 0.2) is 0 Å². The molecule has 0 rings (SSSR count). The molecule has 0 saturated heterocycles. The zero-order chi connectivity index (χ0) is 19.9. The summed E-state index contributed by atoms with van der Waals surface area (Å²) in [6.07, 6.45) is 5.12. The Morgan fingerprint density at radius 2 is 1.12 bits per heavy atom. The van der Waals surface area contributed by atoms with Crippen molar-refractivity contribution >= 4 is 0 Å². The summed E-state index contributed by atoms with van der Waals surface area (Å²) < 4.78 is 5.00. The minimum Gasteiger partial charge on any atom is -0.383 e. The molecule has 3 nitrogen and oxygen atoms in total. The van der Waals surface area contributed by atoms with Gasteiger partial charge in [0.1, 0.15) is 0 Å². The summed E-state index contributed by atoms with van der Waals surface area (Å²) in [4.78, 5) is 4.90. The summed E-state index contributed by atoms with van der Waals surface area (Å²) in [7, 11) is 3.89. The zero-order valence-electron chi connectivity index (χ0n) is 19.4. The Labute approximate surface area is 160 Å². The summed E-state index contributed by atoms with van der Waals surface area (Å²) in [5.74, 6) is 0. The molecule has 0 unspecified atom stereocenters. The fraction of sp³-hybridized carbons (Fsp3) is 1.00. The lowest BCUT2D eigenvalue weighted by Crippen LogP contribution is -2.29. The van der Waals surface area contributed by atoms with E-state index in [0.29, 0.717) is 10.8 Å². The lowest BCUT2D eigenvalue weighted by atomic mass is 9.92. The molecule has 0 saturated carbocycles. The lowest BCUT2D eigenvalue weighted by Gasteiger charge is -2.26. The van der Waals surface area contributed by atoms with E-state index < -0.39 is 0 Å². The maximum Gasteiger partial charge on any atom is 0.0589 e. The topological polar surface area (TPSA) is 15.7 Å². The van der Waals surface area contributed by atoms with E-state index in [1.54, 1.807) is 7.11 Å². The van der Waals surface area contributed by atoms with E-state index in [9.17, 15) is 0 Å². The number of hydrogen-bond donors (Lipinski definition) is 0. The quantitative estimate of drug-likeness (QED) is 0.482. The van der Waals surface area contributed by atoms with Gasteiger partial charge in [-0.2, -0.15) is 0 Å². The van der Waals surface area contributed by atoms with Gasteiger partial charge in [-0.25, -0.2) is 0 Å². The molecule has 0 aromatic heterocycles. The van der Waals surface area contributed by atoms with Crippen LogP contribution in [-0.4, -0.2) is 63.3 Å². The van der Waals surface area contributed by atoms with Crippen molar-refractivity contribution in [2.45, 2.75) is 81.1 Å². The second kappa shape index (κ2) is 15.0. The molecule has 0 aliphatic carbocycles. The van der Waals surface area contributed by atoms with E-state index in [-0.39, 0.29) is 0 Å². The highest BCUT2D eigenvalue weighted by atomic mass is 16.5. The van der Waals surface area contributed by atoms with Crippen LogP contribution >= 0.6 is 0 Å². The molecule has 0 N–H and O–H groups in total. The largest absolute Gasteiger partial charge is 0.383 e. The van der Waals surface area contributed by atoms with Crippen LogP contribution in [0.5, 0.6) is 0 Å². The van der Waals surface area contributed by atoms with E-state index in [1.165, 1.54) is 45.3 Å². The molecule has 0 amide bonds. The minimum atomic E-state index is 0.446. The van der Waals surface area contributed by atoms with Crippen LogP contribution in [-0.2, 0) is 4.74 Å². The number of rotatable bonds is 11. The third-order valence-electron chi connectivity index (χ3n) is 4.18. The van der Waals surface area contributed by atoms with Crippen LogP contribution in [0, 0.1) is 10.8 Å². The number of likely N-dealkylation sites (N-methyl/N-ethyl adjacent to an activating group) is 1. The molecule has 25 heavy (non-hydrogen) atoms. The second-order valence-electron chi connectivity index (χ2n) is 9.76. The molecule has 0 radical (unpaired) electrons. The third kappa shape index (κ3) is 23.9. The average molecular weight is 359 g/mol. The van der Waals surface area contributed by atoms with Gasteiger partial charge in [-0.05, 0) is 69.7 Å². The first-order chi connectivity index (χ1) is 11.4. The van der Waals surface area contributed by atoms with Crippen molar-refractivity contribution in [2.75, 3.05) is 53.5 Å². The highest BCUT2D eigenvalue weighted by molar-refractivity contribution is 4.66. The Balaban J connectivity index is 0. The first-order valence-electron chi connectivity index (χ1n) is 10.3. The first kappa shape index (κ1) is 27.1. The number of methoxy groups -OCH3 is 1. The van der Waals surface area contributed by atoms with Crippen molar-refractivity contribution in [2.24, 2.45) is 10.8 Å². The van der Waals surface area contributed by atoms with Gasteiger partial charge in [-0.1, -0.05) is 55.4 Å². The van der Waals surface area contributed by atoms with E-state index in [2.05, 4.69) is 72.2 Å². The molecule has 0 heterocycles. The molecular formula is C22H50N2O. The van der Waals surface area contributed by atoms with Crippen molar-refractivity contribution in [3.63, 3.8) is 0 Å². The van der Waals surface area contributed by atoms with Crippen LogP contribution < -0.4 is 0 Å². The number of ether oxygens (including phenoxy) is 1. The number of nitrogens with zero attached hydrogens (tertiary/aromatic N) is 2. The summed E-state index contributed by atoms with van der Waals surface area (Å²) in [5, 5.41) is 0. The minimum absolute atomic E-state index is 0.446. The van der Waals surface area contributed by atoms with Crippen LogP contribution in [0.25, 0.3) is 0 Å². The SMILES string of the molecule is CCCN(CCC)CCC(C)(C)C.COCCN(C)CCC(C)(C)C. The second-order valence-corrected chi connectivity index (χ2v) is 9.76. The zero-order valence-corrected chi connectivity index (χ0v) is 19.4. The molecule has 154 valence electrons. The average Bonchev–Trinajstić information content (AvgIpc) is 2.48. The molecule has 0 bridgehead atoms. The predicted octanol–water partition coefficient (Wildman–Crippen LogP) is 5.55. The highest BCUT2D eigenvalue weighted by Crippen LogP contribution is 2.19. The van der Waals surface area contributed by atoms with E-state index in [1.807, 2.05) is 0 Å². The van der Waals surface area contributed by atoms with Gasteiger partial charge in [0.25, 0.3) is 0 Å². The summed E-state index contributed by atoms with van der Waals surface area (Å²) in [6, 6.07) is 0. The molecule has 0 fully saturated rings. The van der Waals surface area contributed by atoms with Gasteiger partial charge < -0.3 is 14.5 Å². The molecule has 0 atom stereocenters. The summed E-state index contributed by atoms with van der Waals surface area (Å²) in [5.41, 5.74) is 0.932. The van der Waals surface area contributed by atoms with Crippen molar-refractivity contribution in [1.82, 2.24) is 9.80 Å². The normalized spacial score (nSPS) is 12.5. The van der Waals surface area contributed by atoms with Crippen LogP contribution in [0.15, 0.2) is 0 Å². The van der Waals surface area contributed by atoms with Crippen LogP contribution in [0.3, 0.4) is 0 Å². The monoisotopic (exact) mass is 358 g/mol. The van der Waals surface area contributed by atoms with Crippen molar-refractivity contribution in [3.05, 3.63) is 0 Å². The predicted molar refractivity (Wildman–Crippen MR) is 115 cm³/mol. The summed E-state index contributed by atoms with van der Waals surface area (Å²) >= 11 is 0. The Kier molecular flexibility index (Phi) is 16.2. The fourth-order valence-electron chi connectivity index (χ4n) is 2.35. The lowest BCUT2D eigenvalue weighted by molar-refractivity contribution is 0.154. The Bertz CT molecular complexity index is 273. The maximum atomic E-state index is 5.00. The molecule has 0 spiro atoms. The molecule has 0 aliphatic heterocycles. The van der Waals surface area contributed by atoms with Gasteiger partial charge in [0.05, 0.1) is 6.61 Å². The van der Waals surface area contributed by atoms with Gasteiger partial charge in [-0.3, -0.25) is 0 Å². The molecule has 0 aromatic carbocycles. The smallest absolute Gasteiger partial charge is 0.0589 e.